The van der Waals surface area contributed by atoms with Crippen molar-refractivity contribution in [2.24, 2.45) is 0 Å². The Hall–Kier alpha value is -2.91. The standard InChI is InChI=1S/C21H20F6N2O2/c22-20(23,24)13-4-8-17(9-5-13)31-18-10-6-15(7-11-18)28-19(30)29-16-3-1-2-14(12-16)21(25,26)27/h1-5,8-9,12,15,18H,6-7,10-11H2,(H2,28,29,30)/t15-,18-. The van der Waals surface area contributed by atoms with Crippen LogP contribution in [0.2, 0.25) is 0 Å². The molecule has 1 aliphatic carbocycles. The van der Waals surface area contributed by atoms with Crippen molar-refractivity contribution in [2.75, 3.05) is 5.32 Å². The molecule has 3 rings (SSSR count). The van der Waals surface area contributed by atoms with Crippen molar-refractivity contribution in [3.05, 3.63) is 59.7 Å². The largest absolute Gasteiger partial charge is 0.490 e. The minimum atomic E-state index is -4.50. The summed E-state index contributed by atoms with van der Waals surface area (Å²) in [5.41, 5.74) is -1.57. The summed E-state index contributed by atoms with van der Waals surface area (Å²) >= 11 is 0. The van der Waals surface area contributed by atoms with Crippen LogP contribution in [-0.2, 0) is 12.4 Å². The molecule has 0 unspecified atom stereocenters. The first-order chi connectivity index (χ1) is 14.5. The molecule has 0 aliphatic heterocycles. The van der Waals surface area contributed by atoms with E-state index in [1.54, 1.807) is 0 Å². The second-order valence-corrected chi connectivity index (χ2v) is 7.29. The Balaban J connectivity index is 1.45. The molecular formula is C21H20F6N2O2. The molecule has 10 heteroatoms. The number of urea groups is 1. The van der Waals surface area contributed by atoms with Gasteiger partial charge in [-0.2, -0.15) is 26.3 Å². The van der Waals surface area contributed by atoms with Gasteiger partial charge >= 0.3 is 18.4 Å². The van der Waals surface area contributed by atoms with Crippen molar-refractivity contribution in [1.29, 1.82) is 0 Å². The number of nitrogens with one attached hydrogen (secondary N) is 2. The highest BCUT2D eigenvalue weighted by Crippen LogP contribution is 2.32. The van der Waals surface area contributed by atoms with Crippen LogP contribution in [0.15, 0.2) is 48.5 Å². The Kier molecular flexibility index (Phi) is 6.66. The fraction of sp³-hybridized carbons (Fsp3) is 0.381. The van der Waals surface area contributed by atoms with Gasteiger partial charge in [-0.3, -0.25) is 0 Å². The van der Waals surface area contributed by atoms with Crippen molar-refractivity contribution in [3.63, 3.8) is 0 Å². The van der Waals surface area contributed by atoms with E-state index in [1.165, 1.54) is 24.3 Å². The Morgan fingerprint density at radius 2 is 1.45 bits per heavy atom. The quantitative estimate of drug-likeness (QED) is 0.547. The minimum absolute atomic E-state index is 0.0339. The molecule has 0 atom stereocenters. The zero-order valence-electron chi connectivity index (χ0n) is 16.2. The molecular weight excluding hydrogens is 426 g/mol. The van der Waals surface area contributed by atoms with Gasteiger partial charge in [0.1, 0.15) is 5.75 Å². The smallest absolute Gasteiger partial charge is 0.416 e. The lowest BCUT2D eigenvalue weighted by Gasteiger charge is -2.29. The summed E-state index contributed by atoms with van der Waals surface area (Å²) in [6.07, 6.45) is -6.80. The van der Waals surface area contributed by atoms with E-state index < -0.39 is 29.5 Å². The molecule has 2 N–H and O–H groups in total. The van der Waals surface area contributed by atoms with E-state index in [1.807, 2.05) is 0 Å². The van der Waals surface area contributed by atoms with Crippen LogP contribution in [0.3, 0.4) is 0 Å². The number of hydrogen-bond acceptors (Lipinski definition) is 2. The molecule has 168 valence electrons. The molecule has 0 bridgehead atoms. The zero-order chi connectivity index (χ0) is 22.6. The van der Waals surface area contributed by atoms with E-state index in [0.717, 1.165) is 24.3 Å². The van der Waals surface area contributed by atoms with Crippen molar-refractivity contribution in [1.82, 2.24) is 5.32 Å². The summed E-state index contributed by atoms with van der Waals surface area (Å²) in [4.78, 5) is 12.1. The van der Waals surface area contributed by atoms with Crippen LogP contribution < -0.4 is 15.4 Å². The molecule has 0 aromatic heterocycles. The molecule has 31 heavy (non-hydrogen) atoms. The number of hydrogen-bond donors (Lipinski definition) is 2. The number of amides is 2. The fourth-order valence-corrected chi connectivity index (χ4v) is 3.37. The molecule has 0 spiro atoms. The van der Waals surface area contributed by atoms with Crippen LogP contribution in [-0.4, -0.2) is 18.2 Å². The average Bonchev–Trinajstić information content (AvgIpc) is 2.69. The lowest BCUT2D eigenvalue weighted by Crippen LogP contribution is -2.41. The van der Waals surface area contributed by atoms with Gasteiger partial charge in [0.15, 0.2) is 0 Å². The molecule has 2 aromatic carbocycles. The van der Waals surface area contributed by atoms with E-state index in [4.69, 9.17) is 4.74 Å². The van der Waals surface area contributed by atoms with E-state index in [0.29, 0.717) is 31.4 Å². The van der Waals surface area contributed by atoms with Crippen molar-refractivity contribution < 1.29 is 35.9 Å². The summed E-state index contributed by atoms with van der Waals surface area (Å²) in [5, 5.41) is 5.12. The summed E-state index contributed by atoms with van der Waals surface area (Å²) in [5.74, 6) is 0.340. The summed E-state index contributed by atoms with van der Waals surface area (Å²) in [6.45, 7) is 0. The number of rotatable bonds is 4. The van der Waals surface area contributed by atoms with E-state index in [-0.39, 0.29) is 17.8 Å². The van der Waals surface area contributed by atoms with Gasteiger partial charge in [0.25, 0.3) is 0 Å². The molecule has 1 fully saturated rings. The van der Waals surface area contributed by atoms with Gasteiger partial charge in [0.2, 0.25) is 0 Å². The number of anilines is 1. The first kappa shape index (κ1) is 22.8. The van der Waals surface area contributed by atoms with Gasteiger partial charge in [-0.05, 0) is 68.1 Å². The number of carbonyl (C=O) groups is 1. The van der Waals surface area contributed by atoms with E-state index >= 15 is 0 Å². The Morgan fingerprint density at radius 1 is 0.839 bits per heavy atom. The monoisotopic (exact) mass is 446 g/mol. The SMILES string of the molecule is O=C(Nc1cccc(C(F)(F)F)c1)N[C@H]1CC[C@H](Oc2ccc(C(F)(F)F)cc2)CC1. The Bertz CT molecular complexity index is 888. The lowest BCUT2D eigenvalue weighted by molar-refractivity contribution is -0.138. The first-order valence-corrected chi connectivity index (χ1v) is 9.59. The van der Waals surface area contributed by atoms with Gasteiger partial charge in [-0.25, -0.2) is 4.79 Å². The average molecular weight is 446 g/mol. The third-order valence-corrected chi connectivity index (χ3v) is 4.94. The highest BCUT2D eigenvalue weighted by Gasteiger charge is 2.31. The number of alkyl halides is 6. The zero-order valence-corrected chi connectivity index (χ0v) is 16.2. The number of benzene rings is 2. The van der Waals surface area contributed by atoms with E-state index in [9.17, 15) is 31.1 Å². The number of halogens is 6. The maximum atomic E-state index is 12.8. The van der Waals surface area contributed by atoms with Gasteiger partial charge in [0, 0.05) is 11.7 Å². The second-order valence-electron chi connectivity index (χ2n) is 7.29. The van der Waals surface area contributed by atoms with Gasteiger partial charge in [0.05, 0.1) is 17.2 Å². The van der Waals surface area contributed by atoms with Gasteiger partial charge in [-0.15, -0.1) is 0 Å². The predicted molar refractivity (Wildman–Crippen MR) is 102 cm³/mol. The topological polar surface area (TPSA) is 50.4 Å². The molecule has 1 saturated carbocycles. The minimum Gasteiger partial charge on any atom is -0.490 e. The molecule has 2 amide bonds. The first-order valence-electron chi connectivity index (χ1n) is 9.59. The summed E-state index contributed by atoms with van der Waals surface area (Å²) in [6, 6.07) is 8.03. The van der Waals surface area contributed by atoms with Crippen molar-refractivity contribution in [2.45, 2.75) is 50.2 Å². The van der Waals surface area contributed by atoms with Gasteiger partial charge in [-0.1, -0.05) is 6.07 Å². The molecule has 0 radical (unpaired) electrons. The fourth-order valence-electron chi connectivity index (χ4n) is 3.37. The van der Waals surface area contributed by atoms with Crippen LogP contribution in [0.4, 0.5) is 36.8 Å². The number of carbonyl (C=O) groups excluding carboxylic acids is 1. The third kappa shape index (κ3) is 6.53. The van der Waals surface area contributed by atoms with Crippen LogP contribution in [0.25, 0.3) is 0 Å². The van der Waals surface area contributed by atoms with Crippen molar-refractivity contribution in [3.8, 4) is 5.75 Å². The molecule has 2 aromatic rings. The second kappa shape index (κ2) is 9.07. The van der Waals surface area contributed by atoms with Crippen LogP contribution >= 0.6 is 0 Å². The predicted octanol–water partition coefficient (Wildman–Crippen LogP) is 6.24. The Labute approximate surface area is 174 Å². The Morgan fingerprint density at radius 3 is 2.03 bits per heavy atom. The molecule has 4 nitrogen and oxygen atoms in total. The highest BCUT2D eigenvalue weighted by atomic mass is 19.4. The van der Waals surface area contributed by atoms with E-state index in [2.05, 4.69) is 10.6 Å². The summed E-state index contributed by atoms with van der Waals surface area (Å²) < 4.78 is 81.8. The normalized spacial score (nSPS) is 19.5. The van der Waals surface area contributed by atoms with Crippen molar-refractivity contribution >= 4 is 11.7 Å². The molecule has 0 saturated heterocycles. The third-order valence-electron chi connectivity index (χ3n) is 4.94. The summed E-state index contributed by atoms with van der Waals surface area (Å²) in [7, 11) is 0. The van der Waals surface area contributed by atoms with Crippen LogP contribution in [0.5, 0.6) is 5.75 Å². The highest BCUT2D eigenvalue weighted by molar-refractivity contribution is 5.89. The number of ether oxygens (including phenoxy) is 1. The maximum absolute atomic E-state index is 12.8. The van der Waals surface area contributed by atoms with Crippen LogP contribution in [0, 0.1) is 0 Å². The maximum Gasteiger partial charge on any atom is 0.416 e. The lowest BCUT2D eigenvalue weighted by atomic mass is 9.93. The molecule has 0 heterocycles. The van der Waals surface area contributed by atoms with Gasteiger partial charge < -0.3 is 15.4 Å². The van der Waals surface area contributed by atoms with Crippen LogP contribution in [0.1, 0.15) is 36.8 Å². The molecule has 1 aliphatic rings.